The van der Waals surface area contributed by atoms with Crippen molar-refractivity contribution < 1.29 is 9.53 Å². The number of rotatable bonds is 6. The summed E-state index contributed by atoms with van der Waals surface area (Å²) in [5.74, 6) is 0.397. The van der Waals surface area contributed by atoms with Gasteiger partial charge in [-0.3, -0.25) is 4.79 Å². The number of nitrogens with one attached hydrogen (secondary N) is 1. The third-order valence-corrected chi connectivity index (χ3v) is 7.59. The highest BCUT2D eigenvalue weighted by molar-refractivity contribution is 8.00. The minimum atomic E-state index is -0.500. The summed E-state index contributed by atoms with van der Waals surface area (Å²) in [5, 5.41) is 4.72. The Hall–Kier alpha value is -2.61. The second kappa shape index (κ2) is 9.26. The Balaban J connectivity index is 1.69. The molecule has 2 heterocycles. The van der Waals surface area contributed by atoms with Gasteiger partial charge in [-0.05, 0) is 43.2 Å². The Labute approximate surface area is 193 Å². The fourth-order valence-electron chi connectivity index (χ4n) is 3.20. The van der Waals surface area contributed by atoms with Crippen molar-refractivity contribution in [1.82, 2.24) is 9.97 Å². The predicted molar refractivity (Wildman–Crippen MR) is 129 cm³/mol. The molecule has 0 spiro atoms. The van der Waals surface area contributed by atoms with Gasteiger partial charge in [0, 0.05) is 16.0 Å². The van der Waals surface area contributed by atoms with Crippen LogP contribution in [-0.2, 0) is 4.79 Å². The van der Waals surface area contributed by atoms with E-state index in [9.17, 15) is 4.79 Å². The standard InChI is InChI=1S/C23H20ClN3O2S2/c1-13-14(2)30-22-19(13)23(26-12-25-22)31-20(15-7-5-4-6-8-15)21(28)27-16-9-10-18(29-3)17(24)11-16/h4-12,20H,1-3H3,(H,27,28)/t20-/m1/s1. The summed E-state index contributed by atoms with van der Waals surface area (Å²) in [6.45, 7) is 4.14. The van der Waals surface area contributed by atoms with Gasteiger partial charge in [-0.25, -0.2) is 9.97 Å². The molecule has 1 N–H and O–H groups in total. The lowest BCUT2D eigenvalue weighted by Gasteiger charge is -2.17. The van der Waals surface area contributed by atoms with Crippen molar-refractivity contribution in [3.63, 3.8) is 0 Å². The summed E-state index contributed by atoms with van der Waals surface area (Å²) in [4.78, 5) is 24.4. The van der Waals surface area contributed by atoms with E-state index in [4.69, 9.17) is 16.3 Å². The minimum absolute atomic E-state index is 0.159. The summed E-state index contributed by atoms with van der Waals surface area (Å²) in [6, 6.07) is 14.9. The number of nitrogens with zero attached hydrogens (tertiary/aromatic N) is 2. The maximum atomic E-state index is 13.4. The number of amides is 1. The molecule has 0 aliphatic heterocycles. The number of thioether (sulfide) groups is 1. The summed E-state index contributed by atoms with van der Waals surface area (Å²) in [7, 11) is 1.55. The van der Waals surface area contributed by atoms with Gasteiger partial charge in [0.25, 0.3) is 0 Å². The molecule has 1 amide bonds. The first kappa shape index (κ1) is 21.6. The van der Waals surface area contributed by atoms with Gasteiger partial charge < -0.3 is 10.1 Å². The Kier molecular flexibility index (Phi) is 6.46. The largest absolute Gasteiger partial charge is 0.495 e. The van der Waals surface area contributed by atoms with Crippen LogP contribution in [0.25, 0.3) is 10.2 Å². The monoisotopic (exact) mass is 469 g/mol. The summed E-state index contributed by atoms with van der Waals surface area (Å²) in [5.41, 5.74) is 2.64. The highest BCUT2D eigenvalue weighted by Crippen LogP contribution is 2.41. The topological polar surface area (TPSA) is 64.1 Å². The third kappa shape index (κ3) is 4.54. The quantitative estimate of drug-likeness (QED) is 0.260. The van der Waals surface area contributed by atoms with E-state index in [1.54, 1.807) is 43.0 Å². The summed E-state index contributed by atoms with van der Waals surface area (Å²) >= 11 is 9.29. The molecule has 0 bridgehead atoms. The highest BCUT2D eigenvalue weighted by atomic mass is 35.5. The highest BCUT2D eigenvalue weighted by Gasteiger charge is 2.25. The molecule has 0 saturated heterocycles. The van der Waals surface area contributed by atoms with Gasteiger partial charge in [-0.1, -0.05) is 53.7 Å². The van der Waals surface area contributed by atoms with Crippen LogP contribution in [0.2, 0.25) is 5.02 Å². The molecular formula is C23H20ClN3O2S2. The second-order valence-electron chi connectivity index (χ2n) is 6.89. The normalized spacial score (nSPS) is 12.0. The van der Waals surface area contributed by atoms with Crippen LogP contribution in [0.5, 0.6) is 5.75 Å². The Morgan fingerprint density at radius 1 is 1.16 bits per heavy atom. The third-order valence-electron chi connectivity index (χ3n) is 4.92. The maximum absolute atomic E-state index is 13.4. The zero-order valence-corrected chi connectivity index (χ0v) is 19.6. The van der Waals surface area contributed by atoms with E-state index >= 15 is 0 Å². The number of ether oxygens (including phenoxy) is 1. The Morgan fingerprint density at radius 2 is 1.94 bits per heavy atom. The van der Waals surface area contributed by atoms with E-state index in [1.807, 2.05) is 30.3 Å². The lowest BCUT2D eigenvalue weighted by molar-refractivity contribution is -0.115. The van der Waals surface area contributed by atoms with Crippen molar-refractivity contribution in [3.05, 3.63) is 75.9 Å². The molecule has 158 valence electrons. The van der Waals surface area contributed by atoms with Crippen LogP contribution >= 0.6 is 34.7 Å². The minimum Gasteiger partial charge on any atom is -0.495 e. The van der Waals surface area contributed by atoms with E-state index in [1.165, 1.54) is 16.6 Å². The fourth-order valence-corrected chi connectivity index (χ4v) is 5.68. The number of hydrogen-bond donors (Lipinski definition) is 1. The first-order valence-corrected chi connectivity index (χ1v) is 11.6. The number of fused-ring (bicyclic) bond motifs is 1. The fraction of sp³-hybridized carbons (Fsp3) is 0.174. The molecule has 0 aliphatic rings. The molecule has 0 fully saturated rings. The van der Waals surface area contributed by atoms with Crippen LogP contribution in [0.4, 0.5) is 5.69 Å². The number of carbonyl (C=O) groups excluding carboxylic acids is 1. The SMILES string of the molecule is COc1ccc(NC(=O)[C@H](Sc2ncnc3sc(C)c(C)c23)c2ccccc2)cc1Cl. The average Bonchev–Trinajstić information content (AvgIpc) is 3.07. The number of methoxy groups -OCH3 is 1. The molecule has 4 aromatic rings. The predicted octanol–water partition coefficient (Wildman–Crippen LogP) is 6.44. The van der Waals surface area contributed by atoms with Crippen LogP contribution in [-0.4, -0.2) is 23.0 Å². The van der Waals surface area contributed by atoms with Gasteiger partial charge >= 0.3 is 0 Å². The van der Waals surface area contributed by atoms with Crippen LogP contribution in [0.1, 0.15) is 21.3 Å². The van der Waals surface area contributed by atoms with Crippen LogP contribution in [0.3, 0.4) is 0 Å². The van der Waals surface area contributed by atoms with Gasteiger partial charge in [-0.15, -0.1) is 11.3 Å². The van der Waals surface area contributed by atoms with E-state index in [-0.39, 0.29) is 5.91 Å². The first-order chi connectivity index (χ1) is 15.0. The maximum Gasteiger partial charge on any atom is 0.242 e. The van der Waals surface area contributed by atoms with Crippen molar-refractivity contribution in [2.75, 3.05) is 12.4 Å². The molecule has 31 heavy (non-hydrogen) atoms. The number of anilines is 1. The molecule has 2 aromatic carbocycles. The van der Waals surface area contributed by atoms with Gasteiger partial charge in [-0.2, -0.15) is 0 Å². The van der Waals surface area contributed by atoms with Gasteiger partial charge in [0.05, 0.1) is 12.1 Å². The molecular weight excluding hydrogens is 450 g/mol. The van der Waals surface area contributed by atoms with Crippen molar-refractivity contribution in [1.29, 1.82) is 0 Å². The smallest absolute Gasteiger partial charge is 0.242 e. The summed E-state index contributed by atoms with van der Waals surface area (Å²) < 4.78 is 5.19. The number of thiophene rings is 1. The van der Waals surface area contributed by atoms with Gasteiger partial charge in [0.15, 0.2) is 0 Å². The van der Waals surface area contributed by atoms with E-state index in [2.05, 4.69) is 29.1 Å². The molecule has 2 aromatic heterocycles. The van der Waals surface area contributed by atoms with Gasteiger partial charge in [0.2, 0.25) is 5.91 Å². The molecule has 1 atom stereocenters. The Bertz CT molecular complexity index is 1240. The second-order valence-corrected chi connectivity index (χ2v) is 9.59. The number of hydrogen-bond acceptors (Lipinski definition) is 6. The van der Waals surface area contributed by atoms with Crippen molar-refractivity contribution in [3.8, 4) is 5.75 Å². The lowest BCUT2D eigenvalue weighted by atomic mass is 10.1. The Morgan fingerprint density at radius 3 is 2.65 bits per heavy atom. The van der Waals surface area contributed by atoms with E-state index in [0.29, 0.717) is 16.5 Å². The van der Waals surface area contributed by atoms with Crippen molar-refractivity contribution in [2.45, 2.75) is 24.1 Å². The van der Waals surface area contributed by atoms with Gasteiger partial charge in [0.1, 0.15) is 27.2 Å². The zero-order chi connectivity index (χ0) is 22.0. The molecule has 0 radical (unpaired) electrons. The molecule has 8 heteroatoms. The van der Waals surface area contributed by atoms with E-state index in [0.717, 1.165) is 26.4 Å². The molecule has 4 rings (SSSR count). The molecule has 0 unspecified atom stereocenters. The van der Waals surface area contributed by atoms with Crippen LogP contribution in [0.15, 0.2) is 59.9 Å². The lowest BCUT2D eigenvalue weighted by Crippen LogP contribution is -2.19. The van der Waals surface area contributed by atoms with E-state index < -0.39 is 5.25 Å². The average molecular weight is 470 g/mol. The number of aryl methyl sites for hydroxylation is 2. The molecule has 5 nitrogen and oxygen atoms in total. The number of halogens is 1. The summed E-state index contributed by atoms with van der Waals surface area (Å²) in [6.07, 6.45) is 1.56. The van der Waals surface area contributed by atoms with Crippen LogP contribution in [0, 0.1) is 13.8 Å². The number of aromatic nitrogens is 2. The number of carbonyl (C=O) groups is 1. The van der Waals surface area contributed by atoms with Crippen molar-refractivity contribution in [2.24, 2.45) is 0 Å². The molecule has 0 saturated carbocycles. The van der Waals surface area contributed by atoms with Crippen molar-refractivity contribution >= 4 is 56.5 Å². The van der Waals surface area contributed by atoms with Crippen LogP contribution < -0.4 is 10.1 Å². The number of benzene rings is 2. The first-order valence-electron chi connectivity index (χ1n) is 9.54. The molecule has 0 aliphatic carbocycles. The zero-order valence-electron chi connectivity index (χ0n) is 17.2.